The number of ether oxygens (including phenoxy) is 1. The molecule has 1 aliphatic heterocycles. The minimum atomic E-state index is 0.0191. The van der Waals surface area contributed by atoms with Gasteiger partial charge in [0.05, 0.1) is 12.6 Å². The van der Waals surface area contributed by atoms with Gasteiger partial charge in [0.25, 0.3) is 0 Å². The fourth-order valence-corrected chi connectivity index (χ4v) is 3.33. The molecule has 1 heterocycles. The van der Waals surface area contributed by atoms with Gasteiger partial charge in [0.2, 0.25) is 0 Å². The molecule has 1 fully saturated rings. The second-order valence-electron chi connectivity index (χ2n) is 6.06. The predicted molar refractivity (Wildman–Crippen MR) is 96.0 cm³/mol. The smallest absolute Gasteiger partial charge is 0.317 e. The van der Waals surface area contributed by atoms with Crippen LogP contribution in [0.25, 0.3) is 0 Å². The van der Waals surface area contributed by atoms with Gasteiger partial charge >= 0.3 is 6.03 Å². The lowest BCUT2D eigenvalue weighted by Crippen LogP contribution is -2.46. The standard InChI is InChI=1S/C18H28N2O2S/c1-4-22-13-15-6-5-11-20(12-15)18(21)19-14(2)16-7-9-17(23-3)10-8-16/h7-10,14-15H,4-6,11-13H2,1-3H3,(H,19,21). The molecule has 0 bridgehead atoms. The quantitative estimate of drug-likeness (QED) is 0.800. The normalized spacial score (nSPS) is 19.4. The van der Waals surface area contributed by atoms with Crippen molar-refractivity contribution in [2.45, 2.75) is 37.6 Å². The summed E-state index contributed by atoms with van der Waals surface area (Å²) in [6.45, 7) is 7.18. The molecule has 0 aliphatic carbocycles. The first kappa shape index (κ1) is 18.1. The van der Waals surface area contributed by atoms with Crippen LogP contribution in [0.1, 0.15) is 38.3 Å². The number of hydrogen-bond acceptors (Lipinski definition) is 3. The Kier molecular flexibility index (Phi) is 7.24. The van der Waals surface area contributed by atoms with Crippen LogP contribution in [-0.2, 0) is 4.74 Å². The molecule has 0 radical (unpaired) electrons. The van der Waals surface area contributed by atoms with Gasteiger partial charge in [0.1, 0.15) is 0 Å². The van der Waals surface area contributed by atoms with Gasteiger partial charge in [0.15, 0.2) is 0 Å². The topological polar surface area (TPSA) is 41.6 Å². The van der Waals surface area contributed by atoms with Gasteiger partial charge in [-0.1, -0.05) is 12.1 Å². The van der Waals surface area contributed by atoms with Crippen LogP contribution >= 0.6 is 11.8 Å². The summed E-state index contributed by atoms with van der Waals surface area (Å²) in [5, 5.41) is 3.12. The number of thioether (sulfide) groups is 1. The van der Waals surface area contributed by atoms with Crippen LogP contribution in [0.3, 0.4) is 0 Å². The molecule has 2 unspecified atom stereocenters. The first-order chi connectivity index (χ1) is 11.1. The van der Waals surface area contributed by atoms with E-state index in [0.29, 0.717) is 5.92 Å². The molecule has 1 N–H and O–H groups in total. The second-order valence-corrected chi connectivity index (χ2v) is 6.94. The lowest BCUT2D eigenvalue weighted by molar-refractivity contribution is 0.0752. The highest BCUT2D eigenvalue weighted by molar-refractivity contribution is 7.98. The molecule has 1 aliphatic rings. The van der Waals surface area contributed by atoms with Crippen LogP contribution in [0, 0.1) is 5.92 Å². The molecule has 0 spiro atoms. The number of likely N-dealkylation sites (tertiary alicyclic amines) is 1. The lowest BCUT2D eigenvalue weighted by atomic mass is 9.99. The number of urea groups is 1. The number of rotatable bonds is 6. The SMILES string of the molecule is CCOCC1CCCN(C(=O)NC(C)c2ccc(SC)cc2)C1. The van der Waals surface area contributed by atoms with Crippen molar-refractivity contribution in [3.8, 4) is 0 Å². The van der Waals surface area contributed by atoms with Crippen molar-refractivity contribution in [2.24, 2.45) is 5.92 Å². The van der Waals surface area contributed by atoms with E-state index in [-0.39, 0.29) is 12.1 Å². The van der Waals surface area contributed by atoms with E-state index in [1.54, 1.807) is 11.8 Å². The number of carbonyl (C=O) groups excluding carboxylic acids is 1. The van der Waals surface area contributed by atoms with Crippen molar-refractivity contribution < 1.29 is 9.53 Å². The summed E-state index contributed by atoms with van der Waals surface area (Å²) in [5.41, 5.74) is 1.14. The molecular formula is C18H28N2O2S. The lowest BCUT2D eigenvalue weighted by Gasteiger charge is -2.33. The zero-order valence-electron chi connectivity index (χ0n) is 14.4. The van der Waals surface area contributed by atoms with E-state index < -0.39 is 0 Å². The number of amides is 2. The predicted octanol–water partition coefficient (Wildman–Crippen LogP) is 3.93. The van der Waals surface area contributed by atoms with E-state index in [9.17, 15) is 4.79 Å². The Morgan fingerprint density at radius 2 is 2.17 bits per heavy atom. The summed E-state index contributed by atoms with van der Waals surface area (Å²) in [6, 6.07) is 8.43. The molecule has 2 amide bonds. The van der Waals surface area contributed by atoms with E-state index in [4.69, 9.17) is 4.74 Å². The number of piperidine rings is 1. The van der Waals surface area contributed by atoms with Gasteiger partial charge in [-0.2, -0.15) is 0 Å². The number of hydrogen-bond donors (Lipinski definition) is 1. The number of nitrogens with one attached hydrogen (secondary N) is 1. The van der Waals surface area contributed by atoms with Crippen molar-refractivity contribution in [1.82, 2.24) is 10.2 Å². The third kappa shape index (κ3) is 5.43. The van der Waals surface area contributed by atoms with Crippen molar-refractivity contribution in [3.63, 3.8) is 0 Å². The van der Waals surface area contributed by atoms with Crippen molar-refractivity contribution in [1.29, 1.82) is 0 Å². The van der Waals surface area contributed by atoms with E-state index in [1.165, 1.54) is 4.90 Å². The number of benzene rings is 1. The third-order valence-electron chi connectivity index (χ3n) is 4.32. The summed E-state index contributed by atoms with van der Waals surface area (Å²) in [7, 11) is 0. The maximum atomic E-state index is 12.5. The van der Waals surface area contributed by atoms with Gasteiger partial charge in [-0.05, 0) is 50.6 Å². The van der Waals surface area contributed by atoms with Gasteiger partial charge in [-0.15, -0.1) is 11.8 Å². The molecule has 2 rings (SSSR count). The first-order valence-electron chi connectivity index (χ1n) is 8.41. The Morgan fingerprint density at radius 3 is 2.83 bits per heavy atom. The summed E-state index contributed by atoms with van der Waals surface area (Å²) in [5.74, 6) is 0.464. The molecular weight excluding hydrogens is 308 g/mol. The largest absolute Gasteiger partial charge is 0.381 e. The van der Waals surface area contributed by atoms with Gasteiger partial charge in [-0.3, -0.25) is 0 Å². The average Bonchev–Trinajstić information content (AvgIpc) is 2.60. The number of nitrogens with zero attached hydrogens (tertiary/aromatic N) is 1. The third-order valence-corrected chi connectivity index (χ3v) is 5.06. The van der Waals surface area contributed by atoms with Gasteiger partial charge in [0, 0.05) is 30.5 Å². The molecule has 4 nitrogen and oxygen atoms in total. The van der Waals surface area contributed by atoms with Crippen LogP contribution in [-0.4, -0.2) is 43.5 Å². The zero-order chi connectivity index (χ0) is 16.7. The van der Waals surface area contributed by atoms with Crippen molar-refractivity contribution in [3.05, 3.63) is 29.8 Å². The average molecular weight is 337 g/mol. The van der Waals surface area contributed by atoms with Crippen LogP contribution in [0.15, 0.2) is 29.2 Å². The van der Waals surface area contributed by atoms with E-state index in [1.807, 2.05) is 18.7 Å². The fourth-order valence-electron chi connectivity index (χ4n) is 2.92. The van der Waals surface area contributed by atoms with Crippen LogP contribution in [0.5, 0.6) is 0 Å². The molecule has 1 aromatic carbocycles. The molecule has 1 saturated heterocycles. The van der Waals surface area contributed by atoms with Gasteiger partial charge < -0.3 is 15.0 Å². The summed E-state index contributed by atoms with van der Waals surface area (Å²) < 4.78 is 5.51. The molecule has 0 saturated carbocycles. The molecule has 1 aromatic rings. The van der Waals surface area contributed by atoms with Gasteiger partial charge in [-0.25, -0.2) is 4.79 Å². The maximum absolute atomic E-state index is 12.5. The van der Waals surface area contributed by atoms with Crippen LogP contribution < -0.4 is 5.32 Å². The highest BCUT2D eigenvalue weighted by Crippen LogP contribution is 2.20. The van der Waals surface area contributed by atoms with Crippen molar-refractivity contribution in [2.75, 3.05) is 32.6 Å². The molecule has 2 atom stereocenters. The maximum Gasteiger partial charge on any atom is 0.317 e. The molecule has 0 aromatic heterocycles. The van der Waals surface area contributed by atoms with E-state index in [0.717, 1.165) is 44.7 Å². The summed E-state index contributed by atoms with van der Waals surface area (Å²) in [6.07, 6.45) is 4.27. The highest BCUT2D eigenvalue weighted by Gasteiger charge is 2.24. The second kappa shape index (κ2) is 9.18. The minimum absolute atomic E-state index is 0.0191. The Bertz CT molecular complexity index is 492. The Hall–Kier alpha value is -1.20. The Morgan fingerprint density at radius 1 is 1.43 bits per heavy atom. The highest BCUT2D eigenvalue weighted by atomic mass is 32.2. The van der Waals surface area contributed by atoms with Crippen molar-refractivity contribution >= 4 is 17.8 Å². The van der Waals surface area contributed by atoms with E-state index >= 15 is 0 Å². The molecule has 5 heteroatoms. The monoisotopic (exact) mass is 336 g/mol. The number of carbonyl (C=O) groups is 1. The zero-order valence-corrected chi connectivity index (χ0v) is 15.2. The first-order valence-corrected chi connectivity index (χ1v) is 9.63. The fraction of sp³-hybridized carbons (Fsp3) is 0.611. The summed E-state index contributed by atoms with van der Waals surface area (Å²) >= 11 is 1.73. The molecule has 23 heavy (non-hydrogen) atoms. The Labute approximate surface area is 144 Å². The minimum Gasteiger partial charge on any atom is -0.381 e. The summed E-state index contributed by atoms with van der Waals surface area (Å²) in [4.78, 5) is 15.7. The van der Waals surface area contributed by atoms with E-state index in [2.05, 4.69) is 35.8 Å². The van der Waals surface area contributed by atoms with Crippen LogP contribution in [0.2, 0.25) is 0 Å². The Balaban J connectivity index is 1.86. The molecule has 128 valence electrons. The van der Waals surface area contributed by atoms with Crippen LogP contribution in [0.4, 0.5) is 4.79 Å².